The van der Waals surface area contributed by atoms with E-state index in [0.29, 0.717) is 5.75 Å². The fraction of sp³-hybridized carbons (Fsp3) is 0.333. The van der Waals surface area contributed by atoms with Gasteiger partial charge < -0.3 is 9.84 Å². The summed E-state index contributed by atoms with van der Waals surface area (Å²) in [7, 11) is 0. The van der Waals surface area contributed by atoms with Crippen LogP contribution in [0.2, 0.25) is 0 Å². The average molecular weight is 181 g/mol. The van der Waals surface area contributed by atoms with Gasteiger partial charge in [0.05, 0.1) is 6.10 Å². The summed E-state index contributed by atoms with van der Waals surface area (Å²) in [6.07, 6.45) is -0.0534. The fourth-order valence-corrected chi connectivity index (χ4v) is 0.927. The summed E-state index contributed by atoms with van der Waals surface area (Å²) in [6.45, 7) is 3.66. The number of hydrogen-bond acceptors (Lipinski definition) is 4. The van der Waals surface area contributed by atoms with Crippen molar-refractivity contribution in [1.29, 1.82) is 0 Å². The van der Waals surface area contributed by atoms with Gasteiger partial charge in [0.25, 0.3) is 0 Å². The minimum Gasteiger partial charge on any atom is -0.508 e. The van der Waals surface area contributed by atoms with Crippen molar-refractivity contribution in [2.24, 2.45) is 5.18 Å². The van der Waals surface area contributed by atoms with Crippen molar-refractivity contribution >= 4 is 5.69 Å². The number of hydrogen-bond donors (Lipinski definition) is 1. The highest BCUT2D eigenvalue weighted by Gasteiger charge is 2.06. The molecule has 0 saturated carbocycles. The zero-order chi connectivity index (χ0) is 9.84. The highest BCUT2D eigenvalue weighted by Crippen LogP contribution is 2.31. The molecule has 1 aromatic carbocycles. The van der Waals surface area contributed by atoms with E-state index < -0.39 is 0 Å². The Bertz CT molecular complexity index is 310. The molecular formula is C9H11NO3. The minimum atomic E-state index is -0.0534. The molecule has 13 heavy (non-hydrogen) atoms. The fourth-order valence-electron chi connectivity index (χ4n) is 0.927. The summed E-state index contributed by atoms with van der Waals surface area (Å²) in [5, 5.41) is 11.9. The van der Waals surface area contributed by atoms with Gasteiger partial charge in [-0.25, -0.2) is 0 Å². The van der Waals surface area contributed by atoms with Crippen molar-refractivity contribution < 1.29 is 9.84 Å². The van der Waals surface area contributed by atoms with E-state index in [1.165, 1.54) is 18.2 Å². The smallest absolute Gasteiger partial charge is 0.152 e. The van der Waals surface area contributed by atoms with Crippen molar-refractivity contribution in [3.05, 3.63) is 23.1 Å². The number of nitrogens with zero attached hydrogens (tertiary/aromatic N) is 1. The lowest BCUT2D eigenvalue weighted by Crippen LogP contribution is -2.05. The Morgan fingerprint density at radius 3 is 2.69 bits per heavy atom. The van der Waals surface area contributed by atoms with Gasteiger partial charge in [-0.1, -0.05) is 0 Å². The van der Waals surface area contributed by atoms with Gasteiger partial charge in [0.1, 0.15) is 11.4 Å². The van der Waals surface area contributed by atoms with Crippen LogP contribution < -0.4 is 4.74 Å². The largest absolute Gasteiger partial charge is 0.508 e. The summed E-state index contributed by atoms with van der Waals surface area (Å²) < 4.78 is 5.26. The molecule has 4 nitrogen and oxygen atoms in total. The Kier molecular flexibility index (Phi) is 2.84. The van der Waals surface area contributed by atoms with E-state index in [4.69, 9.17) is 9.84 Å². The van der Waals surface area contributed by atoms with Crippen LogP contribution in [0.1, 0.15) is 13.8 Å². The molecule has 0 aliphatic heterocycles. The van der Waals surface area contributed by atoms with Crippen LogP contribution in [-0.4, -0.2) is 11.2 Å². The van der Waals surface area contributed by atoms with Crippen molar-refractivity contribution in [1.82, 2.24) is 0 Å². The molecule has 0 fully saturated rings. The lowest BCUT2D eigenvalue weighted by Gasteiger charge is -2.10. The number of phenols is 1. The van der Waals surface area contributed by atoms with Crippen LogP contribution in [0, 0.1) is 4.91 Å². The number of rotatable bonds is 3. The summed E-state index contributed by atoms with van der Waals surface area (Å²) in [4.78, 5) is 10.3. The van der Waals surface area contributed by atoms with Crippen LogP contribution in [0.25, 0.3) is 0 Å². The first-order valence-electron chi connectivity index (χ1n) is 3.96. The lowest BCUT2D eigenvalue weighted by molar-refractivity contribution is 0.242. The molecule has 0 aromatic heterocycles. The summed E-state index contributed by atoms with van der Waals surface area (Å²) in [5.41, 5.74) is 0.200. The molecule has 1 aromatic rings. The molecule has 0 heterocycles. The molecule has 0 atom stereocenters. The Morgan fingerprint density at radius 1 is 1.46 bits per heavy atom. The number of nitroso groups, excluding NO2 is 1. The third-order valence-corrected chi connectivity index (χ3v) is 1.40. The molecule has 0 amide bonds. The molecule has 0 saturated heterocycles. The van der Waals surface area contributed by atoms with Gasteiger partial charge in [-0.15, -0.1) is 4.91 Å². The van der Waals surface area contributed by atoms with Gasteiger partial charge in [-0.3, -0.25) is 0 Å². The van der Waals surface area contributed by atoms with Crippen LogP contribution in [0.3, 0.4) is 0 Å². The van der Waals surface area contributed by atoms with Crippen molar-refractivity contribution in [3.8, 4) is 11.5 Å². The second-order valence-corrected chi connectivity index (χ2v) is 2.91. The summed E-state index contributed by atoms with van der Waals surface area (Å²) in [5.74, 6) is 0.369. The predicted octanol–water partition coefficient (Wildman–Crippen LogP) is 2.58. The zero-order valence-corrected chi connectivity index (χ0v) is 7.52. The Labute approximate surface area is 76.1 Å². The molecule has 0 aliphatic rings. The molecule has 70 valence electrons. The molecule has 1 rings (SSSR count). The van der Waals surface area contributed by atoms with Gasteiger partial charge in [0.15, 0.2) is 5.75 Å². The molecule has 4 heteroatoms. The Morgan fingerprint density at radius 2 is 2.15 bits per heavy atom. The number of benzene rings is 1. The van der Waals surface area contributed by atoms with E-state index >= 15 is 0 Å². The van der Waals surface area contributed by atoms with Crippen LogP contribution in [-0.2, 0) is 0 Å². The van der Waals surface area contributed by atoms with E-state index in [9.17, 15) is 4.91 Å². The van der Waals surface area contributed by atoms with Crippen molar-refractivity contribution in [2.75, 3.05) is 0 Å². The predicted molar refractivity (Wildman–Crippen MR) is 49.3 cm³/mol. The van der Waals surface area contributed by atoms with Gasteiger partial charge in [0, 0.05) is 6.07 Å². The molecule has 0 aliphatic carbocycles. The third-order valence-electron chi connectivity index (χ3n) is 1.40. The van der Waals surface area contributed by atoms with E-state index in [1.807, 2.05) is 13.8 Å². The van der Waals surface area contributed by atoms with E-state index in [1.54, 1.807) is 0 Å². The average Bonchev–Trinajstić information content (AvgIpc) is 2.03. The second kappa shape index (κ2) is 3.89. The van der Waals surface area contributed by atoms with Crippen molar-refractivity contribution in [3.63, 3.8) is 0 Å². The van der Waals surface area contributed by atoms with E-state index in [2.05, 4.69) is 5.18 Å². The minimum absolute atomic E-state index is 0.0534. The maximum Gasteiger partial charge on any atom is 0.152 e. The summed E-state index contributed by atoms with van der Waals surface area (Å²) in [6, 6.07) is 4.18. The van der Waals surface area contributed by atoms with Gasteiger partial charge in [0.2, 0.25) is 0 Å². The van der Waals surface area contributed by atoms with Gasteiger partial charge in [-0.2, -0.15) is 0 Å². The highest BCUT2D eigenvalue weighted by molar-refractivity contribution is 5.54. The maximum atomic E-state index is 10.3. The highest BCUT2D eigenvalue weighted by atomic mass is 16.5. The van der Waals surface area contributed by atoms with E-state index in [-0.39, 0.29) is 17.5 Å². The summed E-state index contributed by atoms with van der Waals surface area (Å²) >= 11 is 0. The van der Waals surface area contributed by atoms with Crippen LogP contribution >= 0.6 is 0 Å². The Hall–Kier alpha value is -1.58. The monoisotopic (exact) mass is 181 g/mol. The van der Waals surface area contributed by atoms with Crippen LogP contribution in [0.5, 0.6) is 11.5 Å². The first kappa shape index (κ1) is 9.51. The second-order valence-electron chi connectivity index (χ2n) is 2.91. The topological polar surface area (TPSA) is 58.9 Å². The third kappa shape index (κ3) is 2.43. The Balaban J connectivity index is 3.01. The van der Waals surface area contributed by atoms with Gasteiger partial charge >= 0.3 is 0 Å². The van der Waals surface area contributed by atoms with Crippen molar-refractivity contribution in [2.45, 2.75) is 20.0 Å². The lowest BCUT2D eigenvalue weighted by atomic mass is 10.3. The molecule has 0 unspecified atom stereocenters. The number of ether oxygens (including phenoxy) is 1. The molecule has 0 spiro atoms. The first-order valence-corrected chi connectivity index (χ1v) is 3.96. The van der Waals surface area contributed by atoms with Crippen LogP contribution in [0.4, 0.5) is 5.69 Å². The standard InChI is InChI=1S/C9H11NO3/c1-6(2)13-9-5-7(11)3-4-8(9)10-12/h3-6,11H,1-2H3. The van der Waals surface area contributed by atoms with Gasteiger partial charge in [-0.05, 0) is 31.2 Å². The first-order chi connectivity index (χ1) is 6.13. The number of aromatic hydroxyl groups is 1. The molecular weight excluding hydrogens is 170 g/mol. The van der Waals surface area contributed by atoms with E-state index in [0.717, 1.165) is 0 Å². The maximum absolute atomic E-state index is 10.3. The zero-order valence-electron chi connectivity index (χ0n) is 7.52. The molecule has 1 N–H and O–H groups in total. The SMILES string of the molecule is CC(C)Oc1cc(O)ccc1N=O. The molecule has 0 radical (unpaired) electrons. The van der Waals surface area contributed by atoms with Crippen LogP contribution in [0.15, 0.2) is 23.4 Å². The normalized spacial score (nSPS) is 10.1. The molecule has 0 bridgehead atoms. The quantitative estimate of drug-likeness (QED) is 0.729. The number of phenolic OH excluding ortho intramolecular Hbond substituents is 1.